The van der Waals surface area contributed by atoms with Crippen LogP contribution in [-0.2, 0) is 6.42 Å². The van der Waals surface area contributed by atoms with Gasteiger partial charge in [-0.1, -0.05) is 12.1 Å². The van der Waals surface area contributed by atoms with Crippen LogP contribution in [0.15, 0.2) is 36.4 Å². The maximum Gasteiger partial charge on any atom is 0.170 e. The maximum atomic E-state index is 9.56. The average Bonchev–Trinajstić information content (AvgIpc) is 2.52. The Hall–Kier alpha value is -2.47. The summed E-state index contributed by atoms with van der Waals surface area (Å²) >= 11 is 5.27. The zero-order chi connectivity index (χ0) is 16.8. The highest BCUT2D eigenvalue weighted by molar-refractivity contribution is 7.80. The van der Waals surface area contributed by atoms with E-state index in [0.717, 1.165) is 22.6 Å². The summed E-state index contributed by atoms with van der Waals surface area (Å²) in [5, 5.41) is 25.7. The predicted octanol–water partition coefficient (Wildman–Crippen LogP) is 2.94. The highest BCUT2D eigenvalue weighted by Gasteiger charge is 2.07. The number of thiocarbonyl (C=S) groups is 1. The van der Waals surface area contributed by atoms with E-state index in [1.807, 2.05) is 31.2 Å². The van der Waals surface area contributed by atoms with Gasteiger partial charge in [-0.3, -0.25) is 0 Å². The van der Waals surface area contributed by atoms with Crippen LogP contribution in [0.3, 0.4) is 0 Å². The standard InChI is InChI=1S/C17H20N2O3S/c1-11-9-14(20)15(21)10-12(11)7-8-18-17(23)19-13-5-3-4-6-16(13)22-2/h3-6,9-10,20-21H,7-8H2,1-2H3,(H2,18,19,23). The quantitative estimate of drug-likeness (QED) is 0.498. The van der Waals surface area contributed by atoms with Gasteiger partial charge in [-0.15, -0.1) is 0 Å². The van der Waals surface area contributed by atoms with Crippen molar-refractivity contribution in [2.45, 2.75) is 13.3 Å². The van der Waals surface area contributed by atoms with Crippen molar-refractivity contribution in [1.82, 2.24) is 5.32 Å². The maximum absolute atomic E-state index is 9.56. The average molecular weight is 332 g/mol. The van der Waals surface area contributed by atoms with E-state index in [1.54, 1.807) is 19.2 Å². The lowest BCUT2D eigenvalue weighted by Crippen LogP contribution is -2.30. The molecule has 2 rings (SSSR count). The van der Waals surface area contributed by atoms with Gasteiger partial charge >= 0.3 is 0 Å². The van der Waals surface area contributed by atoms with E-state index in [1.165, 1.54) is 0 Å². The van der Waals surface area contributed by atoms with Gasteiger partial charge in [-0.2, -0.15) is 0 Å². The van der Waals surface area contributed by atoms with E-state index < -0.39 is 0 Å². The number of hydrogen-bond donors (Lipinski definition) is 4. The van der Waals surface area contributed by atoms with Crippen LogP contribution >= 0.6 is 12.2 Å². The van der Waals surface area contributed by atoms with Crippen LogP contribution in [0.4, 0.5) is 5.69 Å². The number of aromatic hydroxyl groups is 2. The molecule has 0 aliphatic carbocycles. The second kappa shape index (κ2) is 7.69. The fourth-order valence-electron chi connectivity index (χ4n) is 2.22. The normalized spacial score (nSPS) is 10.2. The molecule has 0 amide bonds. The summed E-state index contributed by atoms with van der Waals surface area (Å²) in [6, 6.07) is 10.7. The molecule has 0 aliphatic rings. The van der Waals surface area contributed by atoms with Crippen molar-refractivity contribution in [2.24, 2.45) is 0 Å². The van der Waals surface area contributed by atoms with E-state index >= 15 is 0 Å². The van der Waals surface area contributed by atoms with Gasteiger partial charge in [-0.25, -0.2) is 0 Å². The molecule has 0 radical (unpaired) electrons. The molecule has 0 saturated carbocycles. The third-order valence-corrected chi connectivity index (χ3v) is 3.71. The lowest BCUT2D eigenvalue weighted by Gasteiger charge is -2.14. The molecule has 0 fully saturated rings. The number of anilines is 1. The first kappa shape index (κ1) is 16.9. The molecule has 0 heterocycles. The van der Waals surface area contributed by atoms with Crippen molar-refractivity contribution >= 4 is 23.0 Å². The Labute approximate surface area is 140 Å². The first-order chi connectivity index (χ1) is 11.0. The molecule has 0 aromatic heterocycles. The number of phenols is 2. The number of rotatable bonds is 5. The molecule has 0 bridgehead atoms. The lowest BCUT2D eigenvalue weighted by molar-refractivity contribution is 0.402. The Morgan fingerprint density at radius 2 is 1.87 bits per heavy atom. The smallest absolute Gasteiger partial charge is 0.170 e. The number of methoxy groups -OCH3 is 1. The van der Waals surface area contributed by atoms with Gasteiger partial charge < -0.3 is 25.6 Å². The van der Waals surface area contributed by atoms with Crippen molar-refractivity contribution in [2.75, 3.05) is 19.0 Å². The minimum Gasteiger partial charge on any atom is -0.504 e. The van der Waals surface area contributed by atoms with E-state index in [0.29, 0.717) is 18.1 Å². The Morgan fingerprint density at radius 3 is 2.61 bits per heavy atom. The molecule has 23 heavy (non-hydrogen) atoms. The minimum atomic E-state index is -0.111. The Bertz CT molecular complexity index is 704. The predicted molar refractivity (Wildman–Crippen MR) is 95.4 cm³/mol. The largest absolute Gasteiger partial charge is 0.504 e. The number of ether oxygens (including phenoxy) is 1. The third kappa shape index (κ3) is 4.50. The molecule has 0 unspecified atom stereocenters. The lowest BCUT2D eigenvalue weighted by atomic mass is 10.0. The Morgan fingerprint density at radius 1 is 1.17 bits per heavy atom. The van der Waals surface area contributed by atoms with Crippen LogP contribution in [0, 0.1) is 6.92 Å². The first-order valence-electron chi connectivity index (χ1n) is 7.20. The van der Waals surface area contributed by atoms with E-state index in [9.17, 15) is 10.2 Å². The van der Waals surface area contributed by atoms with Gasteiger partial charge in [0.05, 0.1) is 12.8 Å². The molecule has 0 atom stereocenters. The third-order valence-electron chi connectivity index (χ3n) is 3.47. The molecule has 122 valence electrons. The summed E-state index contributed by atoms with van der Waals surface area (Å²) in [4.78, 5) is 0. The van der Waals surface area contributed by atoms with E-state index in [-0.39, 0.29) is 11.5 Å². The van der Waals surface area contributed by atoms with Crippen LogP contribution in [0.1, 0.15) is 11.1 Å². The van der Waals surface area contributed by atoms with Gasteiger partial charge in [-0.05, 0) is 61.0 Å². The molecule has 2 aromatic rings. The monoisotopic (exact) mass is 332 g/mol. The summed E-state index contributed by atoms with van der Waals surface area (Å²) in [6.07, 6.45) is 0.674. The van der Waals surface area contributed by atoms with E-state index in [4.69, 9.17) is 17.0 Å². The van der Waals surface area contributed by atoms with Crippen LogP contribution < -0.4 is 15.4 Å². The summed E-state index contributed by atoms with van der Waals surface area (Å²) in [5.74, 6) is 0.504. The van der Waals surface area contributed by atoms with E-state index in [2.05, 4.69) is 10.6 Å². The SMILES string of the molecule is COc1ccccc1NC(=S)NCCc1cc(O)c(O)cc1C. The van der Waals surface area contributed by atoms with Crippen LogP contribution in [0.5, 0.6) is 17.2 Å². The second-order valence-corrected chi connectivity index (χ2v) is 5.51. The van der Waals surface area contributed by atoms with Crippen molar-refractivity contribution in [3.8, 4) is 17.2 Å². The van der Waals surface area contributed by atoms with Gasteiger partial charge in [0.2, 0.25) is 0 Å². The Kier molecular flexibility index (Phi) is 5.65. The fraction of sp³-hybridized carbons (Fsp3) is 0.235. The van der Waals surface area contributed by atoms with Crippen molar-refractivity contribution in [3.05, 3.63) is 47.5 Å². The fourth-order valence-corrected chi connectivity index (χ4v) is 2.43. The van der Waals surface area contributed by atoms with Crippen molar-refractivity contribution in [3.63, 3.8) is 0 Å². The van der Waals surface area contributed by atoms with Crippen molar-refractivity contribution < 1.29 is 14.9 Å². The van der Waals surface area contributed by atoms with Crippen LogP contribution in [0.25, 0.3) is 0 Å². The van der Waals surface area contributed by atoms with Crippen molar-refractivity contribution in [1.29, 1.82) is 0 Å². The minimum absolute atomic E-state index is 0.104. The van der Waals surface area contributed by atoms with Crippen LogP contribution in [-0.4, -0.2) is 29.0 Å². The molecule has 0 spiro atoms. The molecule has 6 heteroatoms. The molecule has 0 saturated heterocycles. The zero-order valence-electron chi connectivity index (χ0n) is 13.1. The summed E-state index contributed by atoms with van der Waals surface area (Å²) < 4.78 is 5.26. The summed E-state index contributed by atoms with van der Waals surface area (Å²) in [7, 11) is 1.61. The number of phenolic OH excluding ortho intramolecular Hbond substituents is 2. The number of para-hydroxylation sites is 2. The zero-order valence-corrected chi connectivity index (χ0v) is 13.9. The van der Waals surface area contributed by atoms with Crippen LogP contribution in [0.2, 0.25) is 0 Å². The van der Waals surface area contributed by atoms with Gasteiger partial charge in [0.1, 0.15) is 5.75 Å². The molecule has 4 N–H and O–H groups in total. The number of hydrogen-bond acceptors (Lipinski definition) is 4. The molecule has 5 nitrogen and oxygen atoms in total. The summed E-state index contributed by atoms with van der Waals surface area (Å²) in [5.41, 5.74) is 2.67. The topological polar surface area (TPSA) is 73.8 Å². The highest BCUT2D eigenvalue weighted by atomic mass is 32.1. The summed E-state index contributed by atoms with van der Waals surface area (Å²) in [6.45, 7) is 2.49. The molecule has 2 aromatic carbocycles. The second-order valence-electron chi connectivity index (χ2n) is 5.10. The number of benzene rings is 2. The Balaban J connectivity index is 1.89. The van der Waals surface area contributed by atoms with Gasteiger partial charge in [0.25, 0.3) is 0 Å². The van der Waals surface area contributed by atoms with Gasteiger partial charge in [0.15, 0.2) is 16.6 Å². The first-order valence-corrected chi connectivity index (χ1v) is 7.61. The number of aryl methyl sites for hydroxylation is 1. The molecule has 0 aliphatic heterocycles. The molecular weight excluding hydrogens is 312 g/mol. The highest BCUT2D eigenvalue weighted by Crippen LogP contribution is 2.28. The number of nitrogens with one attached hydrogen (secondary N) is 2. The molecular formula is C17H20N2O3S. The van der Waals surface area contributed by atoms with Gasteiger partial charge in [0, 0.05) is 6.54 Å².